The lowest BCUT2D eigenvalue weighted by atomic mass is 10.2. The van der Waals surface area contributed by atoms with E-state index in [4.69, 9.17) is 5.53 Å². The number of rotatable bonds is 2. The SMILES string of the molecule is [N-]=[N+]=NCCC#Cc1cc(F)ccc1F. The summed E-state index contributed by atoms with van der Waals surface area (Å²) in [5.74, 6) is 3.95. The van der Waals surface area contributed by atoms with Crippen LogP contribution >= 0.6 is 0 Å². The summed E-state index contributed by atoms with van der Waals surface area (Å²) in [5, 5.41) is 3.25. The molecule has 1 aromatic rings. The van der Waals surface area contributed by atoms with Crippen LogP contribution < -0.4 is 0 Å². The molecule has 0 aliphatic heterocycles. The Labute approximate surface area is 85.4 Å². The summed E-state index contributed by atoms with van der Waals surface area (Å²) in [6.45, 7) is 0.223. The van der Waals surface area contributed by atoms with Crippen LogP contribution in [0.1, 0.15) is 12.0 Å². The maximum atomic E-state index is 13.0. The van der Waals surface area contributed by atoms with Crippen LogP contribution in [0.4, 0.5) is 8.78 Å². The minimum Gasteiger partial charge on any atom is -0.207 e. The molecule has 0 spiro atoms. The van der Waals surface area contributed by atoms with E-state index < -0.39 is 11.6 Å². The van der Waals surface area contributed by atoms with Crippen LogP contribution in [-0.4, -0.2) is 6.54 Å². The van der Waals surface area contributed by atoms with E-state index in [2.05, 4.69) is 21.9 Å². The Balaban J connectivity index is 2.70. The van der Waals surface area contributed by atoms with Crippen molar-refractivity contribution in [1.82, 2.24) is 0 Å². The quantitative estimate of drug-likeness (QED) is 0.235. The van der Waals surface area contributed by atoms with Crippen molar-refractivity contribution in [2.45, 2.75) is 6.42 Å². The van der Waals surface area contributed by atoms with Crippen molar-refractivity contribution < 1.29 is 8.78 Å². The van der Waals surface area contributed by atoms with Gasteiger partial charge >= 0.3 is 0 Å². The van der Waals surface area contributed by atoms with Crippen molar-refractivity contribution in [2.75, 3.05) is 6.54 Å². The molecule has 0 aromatic heterocycles. The molecular formula is C10H7F2N3. The molecule has 1 aromatic carbocycles. The standard InChI is InChI=1S/C10H7F2N3/c11-9-4-5-10(12)8(7-9)3-1-2-6-14-15-13/h4-5,7H,2,6H2. The van der Waals surface area contributed by atoms with Crippen molar-refractivity contribution in [3.05, 3.63) is 45.8 Å². The van der Waals surface area contributed by atoms with Gasteiger partial charge in [-0.3, -0.25) is 0 Å². The Morgan fingerprint density at radius 1 is 1.40 bits per heavy atom. The van der Waals surface area contributed by atoms with Crippen LogP contribution in [0.3, 0.4) is 0 Å². The largest absolute Gasteiger partial charge is 0.207 e. The van der Waals surface area contributed by atoms with E-state index in [-0.39, 0.29) is 12.1 Å². The third-order valence-corrected chi connectivity index (χ3v) is 1.55. The van der Waals surface area contributed by atoms with Gasteiger partial charge in [0, 0.05) is 17.9 Å². The monoisotopic (exact) mass is 207 g/mol. The first kappa shape index (κ1) is 11.0. The highest BCUT2D eigenvalue weighted by Crippen LogP contribution is 2.07. The summed E-state index contributed by atoms with van der Waals surface area (Å²) in [6, 6.07) is 3.07. The molecule has 0 unspecified atom stereocenters. The van der Waals surface area contributed by atoms with E-state index in [0.717, 1.165) is 18.2 Å². The number of benzene rings is 1. The second kappa shape index (κ2) is 5.63. The molecule has 0 aliphatic rings. The van der Waals surface area contributed by atoms with Crippen molar-refractivity contribution in [3.8, 4) is 11.8 Å². The predicted molar refractivity (Wildman–Crippen MR) is 51.9 cm³/mol. The van der Waals surface area contributed by atoms with Crippen LogP contribution in [0.15, 0.2) is 23.3 Å². The molecule has 3 nitrogen and oxygen atoms in total. The third-order valence-electron chi connectivity index (χ3n) is 1.55. The van der Waals surface area contributed by atoms with Crippen molar-refractivity contribution in [3.63, 3.8) is 0 Å². The minimum atomic E-state index is -0.562. The zero-order valence-corrected chi connectivity index (χ0v) is 7.74. The number of azide groups is 1. The van der Waals surface area contributed by atoms with Gasteiger partial charge in [-0.15, -0.1) is 0 Å². The third kappa shape index (κ3) is 3.67. The molecule has 0 bridgehead atoms. The van der Waals surface area contributed by atoms with Gasteiger partial charge in [0.2, 0.25) is 0 Å². The summed E-state index contributed by atoms with van der Waals surface area (Å²) < 4.78 is 25.7. The maximum Gasteiger partial charge on any atom is 0.139 e. The fraction of sp³-hybridized carbons (Fsp3) is 0.200. The fourth-order valence-electron chi connectivity index (χ4n) is 0.902. The summed E-state index contributed by atoms with van der Waals surface area (Å²) in [6.07, 6.45) is 0.319. The van der Waals surface area contributed by atoms with E-state index in [1.165, 1.54) is 0 Å². The highest BCUT2D eigenvalue weighted by molar-refractivity contribution is 5.35. The molecule has 1 rings (SSSR count). The Hall–Kier alpha value is -2.05. The Bertz CT molecular complexity index is 453. The molecule has 0 amide bonds. The van der Waals surface area contributed by atoms with E-state index in [0.29, 0.717) is 6.42 Å². The Morgan fingerprint density at radius 2 is 2.20 bits per heavy atom. The van der Waals surface area contributed by atoms with E-state index in [9.17, 15) is 8.78 Å². The lowest BCUT2D eigenvalue weighted by Crippen LogP contribution is -1.85. The molecule has 5 heteroatoms. The first-order valence-corrected chi connectivity index (χ1v) is 4.19. The summed E-state index contributed by atoms with van der Waals surface area (Å²) in [7, 11) is 0. The van der Waals surface area contributed by atoms with Gasteiger partial charge in [0.15, 0.2) is 0 Å². The van der Waals surface area contributed by atoms with Gasteiger partial charge in [-0.05, 0) is 23.7 Å². The topological polar surface area (TPSA) is 48.8 Å². The lowest BCUT2D eigenvalue weighted by molar-refractivity contribution is 0.597. The van der Waals surface area contributed by atoms with Gasteiger partial charge in [0.05, 0.1) is 5.56 Å². The molecule has 0 atom stereocenters. The fourth-order valence-corrected chi connectivity index (χ4v) is 0.902. The Kier molecular flexibility index (Phi) is 4.14. The van der Waals surface area contributed by atoms with Gasteiger partial charge in [-0.1, -0.05) is 17.0 Å². The van der Waals surface area contributed by atoms with Gasteiger partial charge in [-0.25, -0.2) is 8.78 Å². The molecule has 15 heavy (non-hydrogen) atoms. The molecule has 76 valence electrons. The molecule has 0 radical (unpaired) electrons. The molecule has 0 aliphatic carbocycles. The predicted octanol–water partition coefficient (Wildman–Crippen LogP) is 3.02. The van der Waals surface area contributed by atoms with Gasteiger partial charge < -0.3 is 0 Å². The van der Waals surface area contributed by atoms with Crippen LogP contribution in [0.5, 0.6) is 0 Å². The smallest absolute Gasteiger partial charge is 0.139 e. The molecule has 0 fully saturated rings. The van der Waals surface area contributed by atoms with E-state index in [1.54, 1.807) is 0 Å². The number of halogens is 2. The van der Waals surface area contributed by atoms with Crippen LogP contribution in [0.2, 0.25) is 0 Å². The van der Waals surface area contributed by atoms with Crippen LogP contribution in [0, 0.1) is 23.5 Å². The lowest BCUT2D eigenvalue weighted by Gasteiger charge is -1.93. The zero-order chi connectivity index (χ0) is 11.1. The summed E-state index contributed by atoms with van der Waals surface area (Å²) in [5.41, 5.74) is 7.97. The number of hydrogen-bond donors (Lipinski definition) is 0. The average Bonchev–Trinajstić information content (AvgIpc) is 2.23. The number of hydrogen-bond acceptors (Lipinski definition) is 1. The maximum absolute atomic E-state index is 13.0. The Morgan fingerprint density at radius 3 is 2.93 bits per heavy atom. The second-order valence-electron chi connectivity index (χ2n) is 2.63. The van der Waals surface area contributed by atoms with Crippen molar-refractivity contribution in [1.29, 1.82) is 0 Å². The van der Waals surface area contributed by atoms with Crippen molar-refractivity contribution in [2.24, 2.45) is 5.11 Å². The number of nitrogens with zero attached hydrogens (tertiary/aromatic N) is 3. The minimum absolute atomic E-state index is 0.0101. The highest BCUT2D eigenvalue weighted by atomic mass is 19.1. The highest BCUT2D eigenvalue weighted by Gasteiger charge is 1.99. The average molecular weight is 207 g/mol. The van der Waals surface area contributed by atoms with E-state index in [1.807, 2.05) is 0 Å². The van der Waals surface area contributed by atoms with Gasteiger partial charge in [0.25, 0.3) is 0 Å². The molecule has 0 saturated heterocycles. The first-order chi connectivity index (χ1) is 7.24. The van der Waals surface area contributed by atoms with Gasteiger partial charge in [0.1, 0.15) is 11.6 Å². The summed E-state index contributed by atoms with van der Waals surface area (Å²) >= 11 is 0. The zero-order valence-electron chi connectivity index (χ0n) is 7.74. The molecule has 0 saturated carbocycles. The van der Waals surface area contributed by atoms with Crippen LogP contribution in [-0.2, 0) is 0 Å². The van der Waals surface area contributed by atoms with Crippen LogP contribution in [0.25, 0.3) is 10.4 Å². The molecular weight excluding hydrogens is 200 g/mol. The normalized spacial score (nSPS) is 8.67. The summed E-state index contributed by atoms with van der Waals surface area (Å²) in [4.78, 5) is 2.54. The van der Waals surface area contributed by atoms with E-state index >= 15 is 0 Å². The second-order valence-corrected chi connectivity index (χ2v) is 2.63. The van der Waals surface area contributed by atoms with Crippen molar-refractivity contribution >= 4 is 0 Å². The van der Waals surface area contributed by atoms with Gasteiger partial charge in [-0.2, -0.15) is 0 Å². The molecule has 0 N–H and O–H groups in total. The molecule has 0 heterocycles. The first-order valence-electron chi connectivity index (χ1n) is 4.19.